The minimum absolute atomic E-state index is 0.106. The van der Waals surface area contributed by atoms with Gasteiger partial charge in [0, 0.05) is 17.8 Å². The van der Waals surface area contributed by atoms with Gasteiger partial charge in [-0.1, -0.05) is 0 Å². The Kier molecular flexibility index (Phi) is 4.95. The number of amides is 1. The lowest BCUT2D eigenvalue weighted by molar-refractivity contribution is -0.00257. The van der Waals surface area contributed by atoms with Crippen molar-refractivity contribution >= 4 is 30.1 Å². The molecule has 1 aromatic rings. The lowest BCUT2D eigenvalue weighted by atomic mass is 9.63. The van der Waals surface area contributed by atoms with Crippen LogP contribution < -0.4 is 10.8 Å². The van der Waals surface area contributed by atoms with Gasteiger partial charge in [0.2, 0.25) is 7.28 Å². The van der Waals surface area contributed by atoms with Gasteiger partial charge >= 0.3 is 0 Å². The Morgan fingerprint density at radius 3 is 2.50 bits per heavy atom. The average Bonchev–Trinajstić information content (AvgIpc) is 2.98. The maximum Gasteiger partial charge on any atom is 0.253 e. The number of carbonyl (C=O) groups is 1. The quantitative estimate of drug-likeness (QED) is 0.811. The largest absolute Gasteiger partial charge is 0.390 e. The fraction of sp³-hybridized carbons (Fsp3) is 0.632. The minimum Gasteiger partial charge on any atom is -0.390 e. The van der Waals surface area contributed by atoms with Gasteiger partial charge in [-0.05, 0) is 70.8 Å². The number of pyridine rings is 1. The molecule has 0 unspecified atom stereocenters. The summed E-state index contributed by atoms with van der Waals surface area (Å²) in [5.41, 5.74) is -0.761. The second-order valence-electron chi connectivity index (χ2n) is 8.43. The number of alkyl halides is 1. The molecule has 0 aromatic carbocycles. The second-order valence-corrected chi connectivity index (χ2v) is 8.43. The molecule has 1 radical (unpaired) electrons. The van der Waals surface area contributed by atoms with Crippen molar-refractivity contribution in [1.82, 2.24) is 10.3 Å². The Hall–Kier alpha value is -1.76. The van der Waals surface area contributed by atoms with Crippen LogP contribution in [0.25, 0.3) is 0 Å². The molecule has 2 N–H and O–H groups in total. The van der Waals surface area contributed by atoms with Crippen LogP contribution in [0, 0.1) is 5.92 Å². The van der Waals surface area contributed by atoms with Crippen molar-refractivity contribution in [3.05, 3.63) is 17.8 Å². The standard InChI is InChI=1S/C19H26BFN3O2/c1-18(2,21)17-20-14-9-11(10-22-15(14)24-17)16(25)23-13-7-5-12(6-8-13)19(3,4)26/h9-10,12-13,26H,5-8H2,1-4H3,(H,23,25). The third-order valence-corrected chi connectivity index (χ3v) is 5.35. The first-order valence-electron chi connectivity index (χ1n) is 9.20. The molecule has 7 heteroatoms. The zero-order valence-electron chi connectivity index (χ0n) is 15.8. The molecule has 0 spiro atoms. The summed E-state index contributed by atoms with van der Waals surface area (Å²) in [7, 11) is 1.65. The van der Waals surface area contributed by atoms with Crippen molar-refractivity contribution < 1.29 is 14.3 Å². The summed E-state index contributed by atoms with van der Waals surface area (Å²) in [5.74, 6) is 0.549. The number of hydrogen-bond acceptors (Lipinski definition) is 4. The highest BCUT2D eigenvalue weighted by Crippen LogP contribution is 2.32. The van der Waals surface area contributed by atoms with E-state index in [0.29, 0.717) is 22.5 Å². The summed E-state index contributed by atoms with van der Waals surface area (Å²) >= 11 is 0. The molecule has 1 aromatic heterocycles. The molecule has 1 amide bonds. The van der Waals surface area contributed by atoms with Crippen LogP contribution in [0.15, 0.2) is 17.3 Å². The Labute approximate surface area is 154 Å². The number of aromatic nitrogens is 1. The summed E-state index contributed by atoms with van der Waals surface area (Å²) in [6.45, 7) is 6.59. The molecule has 2 aliphatic rings. The molecule has 5 nitrogen and oxygen atoms in total. The summed E-state index contributed by atoms with van der Waals surface area (Å²) in [6, 6.07) is 1.82. The predicted octanol–water partition coefficient (Wildman–Crippen LogP) is 2.26. The van der Waals surface area contributed by atoms with Gasteiger partial charge in [0.15, 0.2) is 0 Å². The van der Waals surface area contributed by atoms with Crippen LogP contribution in [0.5, 0.6) is 0 Å². The molecule has 0 bridgehead atoms. The maximum absolute atomic E-state index is 14.1. The van der Waals surface area contributed by atoms with Gasteiger partial charge in [-0.15, -0.1) is 0 Å². The number of rotatable bonds is 4. The summed E-state index contributed by atoms with van der Waals surface area (Å²) < 4.78 is 14.1. The van der Waals surface area contributed by atoms with E-state index in [1.807, 2.05) is 13.8 Å². The van der Waals surface area contributed by atoms with Gasteiger partial charge in [0.1, 0.15) is 11.5 Å². The van der Waals surface area contributed by atoms with Crippen LogP contribution in [-0.4, -0.2) is 46.2 Å². The van der Waals surface area contributed by atoms with Crippen LogP contribution in [0.1, 0.15) is 63.7 Å². The van der Waals surface area contributed by atoms with Gasteiger partial charge in [0.25, 0.3) is 5.91 Å². The number of halogens is 1. The first kappa shape index (κ1) is 19.0. The molecule has 139 valence electrons. The average molecular weight is 358 g/mol. The molecule has 0 atom stereocenters. The monoisotopic (exact) mass is 358 g/mol. The molecule has 1 aliphatic heterocycles. The smallest absolute Gasteiger partial charge is 0.253 e. The molecule has 3 rings (SSSR count). The normalized spacial score (nSPS) is 23.1. The molecular formula is C19H26BFN3O2. The van der Waals surface area contributed by atoms with E-state index in [4.69, 9.17) is 0 Å². The Balaban J connectivity index is 1.60. The van der Waals surface area contributed by atoms with E-state index in [1.165, 1.54) is 20.0 Å². The van der Waals surface area contributed by atoms with Crippen molar-refractivity contribution in [3.8, 4) is 0 Å². The molecule has 1 aliphatic carbocycles. The van der Waals surface area contributed by atoms with E-state index < -0.39 is 11.3 Å². The molecule has 26 heavy (non-hydrogen) atoms. The lowest BCUT2D eigenvalue weighted by Crippen LogP contribution is -2.42. The van der Waals surface area contributed by atoms with Gasteiger partial charge in [-0.25, -0.2) is 14.4 Å². The summed E-state index contributed by atoms with van der Waals surface area (Å²) in [6.07, 6.45) is 4.99. The van der Waals surface area contributed by atoms with E-state index in [9.17, 15) is 14.3 Å². The number of aliphatic hydroxyl groups is 1. The Bertz CT molecular complexity index is 729. The van der Waals surface area contributed by atoms with E-state index in [1.54, 1.807) is 13.3 Å². The molecule has 0 saturated heterocycles. The van der Waals surface area contributed by atoms with Crippen molar-refractivity contribution in [2.45, 2.75) is 70.7 Å². The summed E-state index contributed by atoms with van der Waals surface area (Å²) in [5, 5.41) is 13.2. The number of nitrogens with zero attached hydrogens (tertiary/aromatic N) is 2. The van der Waals surface area contributed by atoms with Crippen LogP contribution >= 0.6 is 0 Å². The third-order valence-electron chi connectivity index (χ3n) is 5.35. The molecule has 1 saturated carbocycles. The number of hydrogen-bond donors (Lipinski definition) is 2. The molecule has 2 heterocycles. The minimum atomic E-state index is -1.54. The van der Waals surface area contributed by atoms with E-state index >= 15 is 0 Å². The Morgan fingerprint density at radius 1 is 1.27 bits per heavy atom. The SMILES string of the molecule is CC(C)(F)C1=Nc2ncc(C(=O)NC3CCC(C(C)(C)O)CC3)cc2[B]1. The van der Waals surface area contributed by atoms with E-state index in [0.717, 1.165) is 25.7 Å². The third kappa shape index (κ3) is 4.14. The first-order chi connectivity index (χ1) is 12.0. The van der Waals surface area contributed by atoms with Crippen molar-refractivity contribution in [2.75, 3.05) is 0 Å². The highest BCUT2D eigenvalue weighted by atomic mass is 19.1. The van der Waals surface area contributed by atoms with E-state index in [2.05, 4.69) is 15.3 Å². The maximum atomic E-state index is 14.1. The van der Waals surface area contributed by atoms with E-state index in [-0.39, 0.29) is 17.9 Å². The van der Waals surface area contributed by atoms with Crippen LogP contribution in [0.2, 0.25) is 0 Å². The topological polar surface area (TPSA) is 74.6 Å². The van der Waals surface area contributed by atoms with Gasteiger partial charge in [0.05, 0.1) is 11.2 Å². The zero-order chi connectivity index (χ0) is 19.1. The highest BCUT2D eigenvalue weighted by Gasteiger charge is 2.33. The van der Waals surface area contributed by atoms with Crippen LogP contribution in [-0.2, 0) is 0 Å². The number of aliphatic imine (C=N–C) groups is 1. The van der Waals surface area contributed by atoms with Crippen molar-refractivity contribution in [1.29, 1.82) is 0 Å². The van der Waals surface area contributed by atoms with Gasteiger partial charge in [-0.2, -0.15) is 0 Å². The van der Waals surface area contributed by atoms with Crippen molar-refractivity contribution in [2.24, 2.45) is 10.9 Å². The first-order valence-corrected chi connectivity index (χ1v) is 9.20. The predicted molar refractivity (Wildman–Crippen MR) is 101 cm³/mol. The summed E-state index contributed by atoms with van der Waals surface area (Å²) in [4.78, 5) is 20.9. The van der Waals surface area contributed by atoms with Crippen molar-refractivity contribution in [3.63, 3.8) is 0 Å². The second kappa shape index (κ2) is 6.76. The zero-order valence-corrected chi connectivity index (χ0v) is 15.8. The molecule has 1 fully saturated rings. The van der Waals surface area contributed by atoms with Crippen LogP contribution in [0.4, 0.5) is 10.2 Å². The fourth-order valence-corrected chi connectivity index (χ4v) is 3.61. The fourth-order valence-electron chi connectivity index (χ4n) is 3.61. The van der Waals surface area contributed by atoms with Gasteiger partial charge < -0.3 is 10.4 Å². The molecular weight excluding hydrogens is 332 g/mol. The number of nitrogens with one attached hydrogen (secondary N) is 1. The Morgan fingerprint density at radius 2 is 1.92 bits per heavy atom. The van der Waals surface area contributed by atoms with Gasteiger partial charge in [-0.3, -0.25) is 4.79 Å². The number of fused-ring (bicyclic) bond motifs is 1. The lowest BCUT2D eigenvalue weighted by Gasteiger charge is -2.36. The highest BCUT2D eigenvalue weighted by molar-refractivity contribution is 6.89. The number of carbonyl (C=O) groups excluding carboxylic acids is 1. The van der Waals surface area contributed by atoms with Crippen LogP contribution in [0.3, 0.4) is 0 Å².